The minimum atomic E-state index is -0.602. The molecule has 0 bridgehead atoms. The molecule has 0 fully saturated rings. The molecule has 0 saturated carbocycles. The van der Waals surface area contributed by atoms with Gasteiger partial charge in [0.2, 0.25) is 11.9 Å². The number of carbonyl (C=O) groups excluding carboxylic acids is 1. The summed E-state index contributed by atoms with van der Waals surface area (Å²) in [6.45, 7) is 0.317. The molecule has 0 aliphatic rings. The second kappa shape index (κ2) is 7.70. The Morgan fingerprint density at radius 2 is 1.97 bits per heavy atom. The number of carbonyl (C=O) groups is 1. The van der Waals surface area contributed by atoms with Gasteiger partial charge in [0.1, 0.15) is 11.3 Å². The van der Waals surface area contributed by atoms with Gasteiger partial charge >= 0.3 is 0 Å². The molecule has 2 aromatic carbocycles. The summed E-state index contributed by atoms with van der Waals surface area (Å²) in [7, 11) is 3.58. The second-order valence-corrected chi connectivity index (χ2v) is 6.68. The van der Waals surface area contributed by atoms with E-state index >= 15 is 0 Å². The summed E-state index contributed by atoms with van der Waals surface area (Å²) in [5, 5.41) is 11.2. The topological polar surface area (TPSA) is 128 Å². The van der Waals surface area contributed by atoms with Gasteiger partial charge in [0.25, 0.3) is 11.9 Å². The summed E-state index contributed by atoms with van der Waals surface area (Å²) in [4.78, 5) is 26.6. The van der Waals surface area contributed by atoms with E-state index in [1.807, 2.05) is 0 Å². The van der Waals surface area contributed by atoms with Crippen LogP contribution in [0.2, 0.25) is 0 Å². The van der Waals surface area contributed by atoms with Crippen molar-refractivity contribution in [3.63, 3.8) is 0 Å². The zero-order chi connectivity index (χ0) is 21.3. The highest BCUT2D eigenvalue weighted by Gasteiger charge is 2.17. The van der Waals surface area contributed by atoms with Crippen molar-refractivity contribution >= 4 is 28.8 Å². The molecule has 4 rings (SSSR count). The SMILES string of the molecule is CN(C)c1nc(NCc2cccc(F)c2)nc(-n2nnc3c(C(N)=O)cccc32)n1. The fourth-order valence-electron chi connectivity index (χ4n) is 2.85. The van der Waals surface area contributed by atoms with Crippen molar-refractivity contribution in [3.8, 4) is 5.95 Å². The van der Waals surface area contributed by atoms with Crippen molar-refractivity contribution in [3.05, 3.63) is 59.4 Å². The monoisotopic (exact) mass is 407 g/mol. The van der Waals surface area contributed by atoms with Crippen LogP contribution in [-0.2, 0) is 6.54 Å². The number of amides is 1. The lowest BCUT2D eigenvalue weighted by Crippen LogP contribution is -2.18. The molecule has 11 heteroatoms. The first-order valence-electron chi connectivity index (χ1n) is 8.98. The van der Waals surface area contributed by atoms with E-state index in [0.29, 0.717) is 23.5 Å². The molecule has 0 saturated heterocycles. The maximum atomic E-state index is 13.4. The quantitative estimate of drug-likeness (QED) is 0.492. The highest BCUT2D eigenvalue weighted by molar-refractivity contribution is 6.03. The van der Waals surface area contributed by atoms with Crippen molar-refractivity contribution in [2.24, 2.45) is 5.73 Å². The maximum Gasteiger partial charge on any atom is 0.259 e. The number of hydrogen-bond acceptors (Lipinski definition) is 8. The molecule has 1 amide bonds. The summed E-state index contributed by atoms with van der Waals surface area (Å²) in [6.07, 6.45) is 0. The van der Waals surface area contributed by atoms with Crippen LogP contribution in [0.4, 0.5) is 16.3 Å². The Balaban J connectivity index is 1.74. The predicted molar refractivity (Wildman–Crippen MR) is 109 cm³/mol. The van der Waals surface area contributed by atoms with Crippen molar-refractivity contribution in [1.82, 2.24) is 29.9 Å². The number of anilines is 2. The Labute approximate surface area is 170 Å². The van der Waals surface area contributed by atoms with Crippen LogP contribution in [0.25, 0.3) is 17.0 Å². The molecule has 0 atom stereocenters. The largest absolute Gasteiger partial charge is 0.366 e. The number of nitrogens with one attached hydrogen (secondary N) is 1. The molecule has 3 N–H and O–H groups in total. The average Bonchev–Trinajstić information content (AvgIpc) is 3.16. The van der Waals surface area contributed by atoms with Gasteiger partial charge in [-0.1, -0.05) is 23.4 Å². The Hall–Kier alpha value is -4.15. The summed E-state index contributed by atoms with van der Waals surface area (Å²) in [5.74, 6) is -0.0487. The summed E-state index contributed by atoms with van der Waals surface area (Å²) >= 11 is 0. The number of hydrogen-bond donors (Lipinski definition) is 2. The van der Waals surface area contributed by atoms with Gasteiger partial charge < -0.3 is 16.0 Å². The lowest BCUT2D eigenvalue weighted by molar-refractivity contribution is 0.100. The number of fused-ring (bicyclic) bond motifs is 1. The van der Waals surface area contributed by atoms with Gasteiger partial charge in [0, 0.05) is 20.6 Å². The second-order valence-electron chi connectivity index (χ2n) is 6.68. The first kappa shape index (κ1) is 19.2. The van der Waals surface area contributed by atoms with Crippen LogP contribution in [0.1, 0.15) is 15.9 Å². The molecule has 0 spiro atoms. The van der Waals surface area contributed by atoms with E-state index in [9.17, 15) is 9.18 Å². The molecule has 0 aliphatic heterocycles. The van der Waals surface area contributed by atoms with Gasteiger partial charge in [-0.2, -0.15) is 19.6 Å². The van der Waals surface area contributed by atoms with E-state index in [4.69, 9.17) is 5.73 Å². The van der Waals surface area contributed by atoms with Gasteiger partial charge in [-0.25, -0.2) is 4.39 Å². The van der Waals surface area contributed by atoms with Crippen LogP contribution in [-0.4, -0.2) is 49.9 Å². The first-order chi connectivity index (χ1) is 14.4. The van der Waals surface area contributed by atoms with Crippen LogP contribution in [0.3, 0.4) is 0 Å². The third-order valence-electron chi connectivity index (χ3n) is 4.28. The lowest BCUT2D eigenvalue weighted by atomic mass is 10.2. The normalized spacial score (nSPS) is 10.9. The van der Waals surface area contributed by atoms with E-state index < -0.39 is 5.91 Å². The van der Waals surface area contributed by atoms with Crippen molar-refractivity contribution < 1.29 is 9.18 Å². The van der Waals surface area contributed by atoms with Crippen LogP contribution < -0.4 is 16.0 Å². The van der Waals surface area contributed by atoms with Gasteiger partial charge in [-0.05, 0) is 29.8 Å². The summed E-state index contributed by atoms with van der Waals surface area (Å²) in [6, 6.07) is 11.2. The van der Waals surface area contributed by atoms with Crippen molar-refractivity contribution in [2.45, 2.75) is 6.54 Å². The maximum absolute atomic E-state index is 13.4. The highest BCUT2D eigenvalue weighted by atomic mass is 19.1. The van der Waals surface area contributed by atoms with Gasteiger partial charge in [0.15, 0.2) is 0 Å². The number of benzene rings is 2. The Bertz CT molecular complexity index is 1240. The number of rotatable bonds is 6. The van der Waals surface area contributed by atoms with Crippen LogP contribution in [0.15, 0.2) is 42.5 Å². The third-order valence-corrected chi connectivity index (χ3v) is 4.28. The number of nitrogens with two attached hydrogens (primary N) is 1. The third kappa shape index (κ3) is 3.72. The zero-order valence-corrected chi connectivity index (χ0v) is 16.2. The van der Waals surface area contributed by atoms with E-state index in [2.05, 4.69) is 30.6 Å². The van der Waals surface area contributed by atoms with Gasteiger partial charge in [-0.3, -0.25) is 4.79 Å². The molecule has 4 aromatic rings. The van der Waals surface area contributed by atoms with E-state index in [1.165, 1.54) is 16.8 Å². The van der Waals surface area contributed by atoms with Crippen molar-refractivity contribution in [1.29, 1.82) is 0 Å². The van der Waals surface area contributed by atoms with Gasteiger partial charge in [0.05, 0.1) is 11.1 Å². The van der Waals surface area contributed by atoms with Crippen LogP contribution in [0, 0.1) is 5.82 Å². The zero-order valence-electron chi connectivity index (χ0n) is 16.2. The smallest absolute Gasteiger partial charge is 0.259 e. The fourth-order valence-corrected chi connectivity index (χ4v) is 2.85. The molecule has 0 aliphatic carbocycles. The number of nitrogens with zero attached hydrogens (tertiary/aromatic N) is 7. The standard InChI is InChI=1S/C19H18FN9O/c1-28(2)18-23-17(22-10-11-5-3-6-12(20)9-11)24-19(25-18)29-14-8-4-7-13(16(21)30)15(14)26-27-29/h3-9H,10H2,1-2H3,(H2,21,30)(H,22,23,24,25). The number of aromatic nitrogens is 6. The fraction of sp³-hybridized carbons (Fsp3) is 0.158. The summed E-state index contributed by atoms with van der Waals surface area (Å²) in [5.41, 5.74) is 7.29. The minimum Gasteiger partial charge on any atom is -0.366 e. The molecule has 2 aromatic heterocycles. The van der Waals surface area contributed by atoms with Crippen molar-refractivity contribution in [2.75, 3.05) is 24.3 Å². The van der Waals surface area contributed by atoms with Gasteiger partial charge in [-0.15, -0.1) is 5.10 Å². The van der Waals surface area contributed by atoms with E-state index in [1.54, 1.807) is 49.3 Å². The number of primary amides is 1. The minimum absolute atomic E-state index is 0.208. The van der Waals surface area contributed by atoms with Crippen LogP contribution >= 0.6 is 0 Å². The van der Waals surface area contributed by atoms with E-state index in [-0.39, 0.29) is 23.3 Å². The number of halogens is 1. The average molecular weight is 407 g/mol. The molecule has 10 nitrogen and oxygen atoms in total. The Morgan fingerprint density at radius 3 is 2.70 bits per heavy atom. The lowest BCUT2D eigenvalue weighted by Gasteiger charge is -2.13. The molecule has 0 radical (unpaired) electrons. The molecular formula is C19H18FN9O. The Morgan fingerprint density at radius 1 is 1.17 bits per heavy atom. The highest BCUT2D eigenvalue weighted by Crippen LogP contribution is 2.20. The molecule has 0 unspecified atom stereocenters. The molecule has 30 heavy (non-hydrogen) atoms. The molecule has 2 heterocycles. The predicted octanol–water partition coefficient (Wildman–Crippen LogP) is 1.52. The molecular weight excluding hydrogens is 389 g/mol. The molecule has 152 valence electrons. The first-order valence-corrected chi connectivity index (χ1v) is 8.98. The summed E-state index contributed by atoms with van der Waals surface area (Å²) < 4.78 is 14.8. The van der Waals surface area contributed by atoms with E-state index in [0.717, 1.165) is 5.56 Å². The van der Waals surface area contributed by atoms with Crippen LogP contribution in [0.5, 0.6) is 0 Å². The Kier molecular flexibility index (Phi) is 4.92.